The maximum absolute atomic E-state index is 13.8. The van der Waals surface area contributed by atoms with Gasteiger partial charge in [0, 0.05) is 5.41 Å². The zero-order chi connectivity index (χ0) is 11.6. The Bertz CT molecular complexity index is 359. The number of benzene rings is 1. The molecule has 0 bridgehead atoms. The fourth-order valence-electron chi connectivity index (χ4n) is 2.45. The van der Waals surface area contributed by atoms with E-state index >= 15 is 0 Å². The minimum atomic E-state index is -0.377. The number of nitrogens with zero attached hydrogens (tertiary/aromatic N) is 1. The monoisotopic (exact) mass is 223 g/mol. The lowest BCUT2D eigenvalue weighted by molar-refractivity contribution is 0.111. The summed E-state index contributed by atoms with van der Waals surface area (Å²) in [5, 5.41) is 9.62. The van der Waals surface area contributed by atoms with Gasteiger partial charge in [-0.2, -0.15) is 0 Å². The van der Waals surface area contributed by atoms with Crippen molar-refractivity contribution in [3.05, 3.63) is 35.6 Å². The molecule has 0 radical (unpaired) electrons. The molecule has 1 aliphatic heterocycles. The van der Waals surface area contributed by atoms with Gasteiger partial charge in [0.15, 0.2) is 0 Å². The summed E-state index contributed by atoms with van der Waals surface area (Å²) in [4.78, 5) is 2.22. The fraction of sp³-hybridized carbons (Fsp3) is 0.538. The summed E-state index contributed by atoms with van der Waals surface area (Å²) >= 11 is 0. The lowest BCUT2D eigenvalue weighted by Gasteiger charge is -2.39. The van der Waals surface area contributed by atoms with Crippen molar-refractivity contribution in [2.24, 2.45) is 0 Å². The van der Waals surface area contributed by atoms with E-state index < -0.39 is 0 Å². The van der Waals surface area contributed by atoms with Crippen molar-refractivity contribution in [3.8, 4) is 0 Å². The SMILES string of the molecule is CN1CCC(CO)(c2ccccc2F)CC1. The van der Waals surface area contributed by atoms with E-state index in [9.17, 15) is 9.50 Å². The Hall–Kier alpha value is -0.930. The summed E-state index contributed by atoms with van der Waals surface area (Å²) in [7, 11) is 2.06. The summed E-state index contributed by atoms with van der Waals surface area (Å²) < 4.78 is 13.8. The number of aliphatic hydroxyl groups excluding tert-OH is 1. The molecule has 0 spiro atoms. The second kappa shape index (κ2) is 4.52. The molecule has 0 atom stereocenters. The van der Waals surface area contributed by atoms with Crippen LogP contribution in [0.25, 0.3) is 0 Å². The Kier molecular flexibility index (Phi) is 3.26. The Balaban J connectivity index is 2.32. The quantitative estimate of drug-likeness (QED) is 0.826. The van der Waals surface area contributed by atoms with Gasteiger partial charge in [0.2, 0.25) is 0 Å². The fourth-order valence-corrected chi connectivity index (χ4v) is 2.45. The number of hydrogen-bond donors (Lipinski definition) is 1. The highest BCUT2D eigenvalue weighted by Gasteiger charge is 2.36. The molecule has 0 unspecified atom stereocenters. The average Bonchev–Trinajstić information content (AvgIpc) is 2.32. The van der Waals surface area contributed by atoms with Gasteiger partial charge in [-0.25, -0.2) is 4.39 Å². The molecule has 3 heteroatoms. The summed E-state index contributed by atoms with van der Waals surface area (Å²) in [5.74, 6) is -0.193. The van der Waals surface area contributed by atoms with E-state index in [1.54, 1.807) is 12.1 Å². The molecule has 1 fully saturated rings. The molecule has 0 aromatic heterocycles. The van der Waals surface area contributed by atoms with Crippen molar-refractivity contribution < 1.29 is 9.50 Å². The molecule has 1 N–H and O–H groups in total. The van der Waals surface area contributed by atoms with Crippen molar-refractivity contribution in [2.75, 3.05) is 26.7 Å². The van der Waals surface area contributed by atoms with Gasteiger partial charge in [0.1, 0.15) is 5.82 Å². The topological polar surface area (TPSA) is 23.5 Å². The molecule has 1 heterocycles. The van der Waals surface area contributed by atoms with Crippen LogP contribution in [-0.2, 0) is 5.41 Å². The van der Waals surface area contributed by atoms with Crippen LogP contribution < -0.4 is 0 Å². The van der Waals surface area contributed by atoms with Crippen molar-refractivity contribution in [1.29, 1.82) is 0 Å². The summed E-state index contributed by atoms with van der Waals surface area (Å²) in [6.45, 7) is 1.85. The van der Waals surface area contributed by atoms with Crippen LogP contribution in [0.1, 0.15) is 18.4 Å². The Labute approximate surface area is 95.7 Å². The van der Waals surface area contributed by atoms with Crippen LogP contribution in [-0.4, -0.2) is 36.8 Å². The van der Waals surface area contributed by atoms with E-state index in [0.717, 1.165) is 25.9 Å². The first-order valence-corrected chi connectivity index (χ1v) is 5.72. The Morgan fingerprint density at radius 2 is 1.94 bits per heavy atom. The smallest absolute Gasteiger partial charge is 0.127 e. The van der Waals surface area contributed by atoms with E-state index in [1.165, 1.54) is 6.07 Å². The number of likely N-dealkylation sites (tertiary alicyclic amines) is 1. The van der Waals surface area contributed by atoms with Gasteiger partial charge in [-0.3, -0.25) is 0 Å². The number of aliphatic hydroxyl groups is 1. The first-order chi connectivity index (χ1) is 7.68. The average molecular weight is 223 g/mol. The predicted octanol–water partition coefficient (Wildman–Crippen LogP) is 1.78. The van der Waals surface area contributed by atoms with Crippen molar-refractivity contribution >= 4 is 0 Å². The number of hydrogen-bond acceptors (Lipinski definition) is 2. The minimum Gasteiger partial charge on any atom is -0.395 e. The van der Waals surface area contributed by atoms with Crippen LogP contribution in [0.4, 0.5) is 4.39 Å². The third-order valence-corrected chi connectivity index (χ3v) is 3.69. The normalized spacial score (nSPS) is 20.9. The van der Waals surface area contributed by atoms with Gasteiger partial charge < -0.3 is 10.0 Å². The zero-order valence-electron chi connectivity index (χ0n) is 9.62. The van der Waals surface area contributed by atoms with E-state index in [-0.39, 0.29) is 17.8 Å². The van der Waals surface area contributed by atoms with E-state index in [1.807, 2.05) is 6.07 Å². The summed E-state index contributed by atoms with van der Waals surface area (Å²) in [6.07, 6.45) is 1.64. The molecule has 1 aromatic rings. The van der Waals surface area contributed by atoms with Crippen LogP contribution in [0, 0.1) is 5.82 Å². The highest BCUT2D eigenvalue weighted by Crippen LogP contribution is 2.36. The first kappa shape index (κ1) is 11.6. The van der Waals surface area contributed by atoms with Gasteiger partial charge in [-0.1, -0.05) is 18.2 Å². The zero-order valence-corrected chi connectivity index (χ0v) is 9.62. The van der Waals surface area contributed by atoms with E-state index in [4.69, 9.17) is 0 Å². The molecule has 0 saturated carbocycles. The second-order valence-corrected chi connectivity index (χ2v) is 4.72. The highest BCUT2D eigenvalue weighted by atomic mass is 19.1. The third kappa shape index (κ3) is 1.97. The van der Waals surface area contributed by atoms with Crippen molar-refractivity contribution in [1.82, 2.24) is 4.90 Å². The van der Waals surface area contributed by atoms with Gasteiger partial charge >= 0.3 is 0 Å². The number of rotatable bonds is 2. The van der Waals surface area contributed by atoms with Crippen LogP contribution in [0.2, 0.25) is 0 Å². The Morgan fingerprint density at radius 1 is 1.31 bits per heavy atom. The summed E-state index contributed by atoms with van der Waals surface area (Å²) in [5.41, 5.74) is 0.295. The Morgan fingerprint density at radius 3 is 2.50 bits per heavy atom. The van der Waals surface area contributed by atoms with Crippen molar-refractivity contribution in [3.63, 3.8) is 0 Å². The molecule has 1 aliphatic rings. The maximum Gasteiger partial charge on any atom is 0.127 e. The molecule has 88 valence electrons. The predicted molar refractivity (Wildman–Crippen MR) is 61.9 cm³/mol. The largest absolute Gasteiger partial charge is 0.395 e. The number of halogens is 1. The van der Waals surface area contributed by atoms with Gasteiger partial charge in [0.05, 0.1) is 6.61 Å². The van der Waals surface area contributed by atoms with Crippen molar-refractivity contribution in [2.45, 2.75) is 18.3 Å². The van der Waals surface area contributed by atoms with Crippen LogP contribution in [0.5, 0.6) is 0 Å². The molecule has 16 heavy (non-hydrogen) atoms. The lowest BCUT2D eigenvalue weighted by atomic mass is 9.73. The molecule has 2 nitrogen and oxygen atoms in total. The van der Waals surface area contributed by atoms with Crippen LogP contribution >= 0.6 is 0 Å². The van der Waals surface area contributed by atoms with Gasteiger partial charge in [0.25, 0.3) is 0 Å². The van der Waals surface area contributed by atoms with Gasteiger partial charge in [-0.15, -0.1) is 0 Å². The molecule has 0 aliphatic carbocycles. The summed E-state index contributed by atoms with van der Waals surface area (Å²) in [6, 6.07) is 6.81. The second-order valence-electron chi connectivity index (χ2n) is 4.72. The van der Waals surface area contributed by atoms with E-state index in [0.29, 0.717) is 5.56 Å². The minimum absolute atomic E-state index is 0.0295. The molecule has 1 saturated heterocycles. The molecular weight excluding hydrogens is 205 g/mol. The maximum atomic E-state index is 13.8. The molecule has 0 amide bonds. The standard InChI is InChI=1S/C13H18FNO/c1-15-8-6-13(10-16,7-9-15)11-4-2-3-5-12(11)14/h2-5,16H,6-10H2,1H3. The molecule has 2 rings (SSSR count). The molecule has 1 aromatic carbocycles. The van der Waals surface area contributed by atoms with Gasteiger partial charge in [-0.05, 0) is 44.6 Å². The third-order valence-electron chi connectivity index (χ3n) is 3.69. The van der Waals surface area contributed by atoms with Crippen LogP contribution in [0.3, 0.4) is 0 Å². The number of piperidine rings is 1. The molecular formula is C13H18FNO. The first-order valence-electron chi connectivity index (χ1n) is 5.72. The lowest BCUT2D eigenvalue weighted by Crippen LogP contribution is -2.43. The van der Waals surface area contributed by atoms with E-state index in [2.05, 4.69) is 11.9 Å². The highest BCUT2D eigenvalue weighted by molar-refractivity contribution is 5.28. The van der Waals surface area contributed by atoms with Crippen LogP contribution in [0.15, 0.2) is 24.3 Å².